The minimum atomic E-state index is -3.82. The van der Waals surface area contributed by atoms with Crippen molar-refractivity contribution in [1.29, 1.82) is 0 Å². The summed E-state index contributed by atoms with van der Waals surface area (Å²) >= 11 is 1.21. The quantitative estimate of drug-likeness (QED) is 0.487. The lowest BCUT2D eigenvalue weighted by atomic mass is 10.2. The van der Waals surface area contributed by atoms with Gasteiger partial charge in [0, 0.05) is 5.69 Å². The van der Waals surface area contributed by atoms with Crippen molar-refractivity contribution in [3.63, 3.8) is 0 Å². The van der Waals surface area contributed by atoms with Crippen molar-refractivity contribution in [3.05, 3.63) is 47.8 Å². The van der Waals surface area contributed by atoms with Crippen LogP contribution in [0.15, 0.2) is 51.2 Å². The van der Waals surface area contributed by atoms with Crippen molar-refractivity contribution in [2.24, 2.45) is 0 Å². The molecular weight excluding hydrogens is 374 g/mol. The highest BCUT2D eigenvalue weighted by Crippen LogP contribution is 2.32. The summed E-state index contributed by atoms with van der Waals surface area (Å²) in [6.07, 6.45) is 1.72. The highest BCUT2D eigenvalue weighted by molar-refractivity contribution is 7.99. The number of nitrogens with zero attached hydrogens (tertiary/aromatic N) is 3. The Morgan fingerprint density at radius 1 is 1.27 bits per heavy atom. The van der Waals surface area contributed by atoms with Gasteiger partial charge in [-0.25, -0.2) is 17.9 Å². The average molecular weight is 391 g/mol. The van der Waals surface area contributed by atoms with Crippen LogP contribution in [-0.2, 0) is 25.8 Å². The number of fused-ring (bicyclic) bond motifs is 1. The predicted molar refractivity (Wildman–Crippen MR) is 97.1 cm³/mol. The number of aromatic nitrogens is 3. The third-order valence-corrected chi connectivity index (χ3v) is 6.40. The molecule has 3 rings (SSSR count). The molecule has 0 amide bonds. The summed E-state index contributed by atoms with van der Waals surface area (Å²) in [5, 5.41) is 4.71. The SMILES string of the molecule is COC(=O)Cc1cc(C)nc2c(S(=O)(=O)c3ccccc3)c(SC)nn12. The first-order valence-electron chi connectivity index (χ1n) is 7.68. The first-order valence-corrected chi connectivity index (χ1v) is 10.4. The normalized spacial score (nSPS) is 11.7. The van der Waals surface area contributed by atoms with Gasteiger partial charge in [-0.2, -0.15) is 5.10 Å². The molecule has 136 valence electrons. The van der Waals surface area contributed by atoms with Crippen LogP contribution in [0.3, 0.4) is 0 Å². The van der Waals surface area contributed by atoms with Crippen LogP contribution in [0.2, 0.25) is 0 Å². The van der Waals surface area contributed by atoms with E-state index in [1.54, 1.807) is 37.4 Å². The van der Waals surface area contributed by atoms with Crippen LogP contribution >= 0.6 is 11.8 Å². The predicted octanol–water partition coefficient (Wildman–Crippen LogP) is 2.31. The number of hydrogen-bond acceptors (Lipinski definition) is 7. The molecule has 0 radical (unpaired) electrons. The van der Waals surface area contributed by atoms with Crippen LogP contribution in [0, 0.1) is 6.92 Å². The number of esters is 1. The van der Waals surface area contributed by atoms with E-state index in [2.05, 4.69) is 10.1 Å². The van der Waals surface area contributed by atoms with Crippen molar-refractivity contribution in [2.45, 2.75) is 28.2 Å². The Morgan fingerprint density at radius 3 is 2.58 bits per heavy atom. The van der Waals surface area contributed by atoms with Crippen LogP contribution in [0.25, 0.3) is 5.65 Å². The largest absolute Gasteiger partial charge is 0.469 e. The molecule has 0 unspecified atom stereocenters. The number of aryl methyl sites for hydroxylation is 1. The summed E-state index contributed by atoms with van der Waals surface area (Å²) in [6, 6.07) is 9.85. The number of ether oxygens (including phenoxy) is 1. The number of hydrogen-bond donors (Lipinski definition) is 0. The Bertz CT molecular complexity index is 1080. The van der Waals surface area contributed by atoms with E-state index < -0.39 is 15.8 Å². The fraction of sp³-hybridized carbons (Fsp3) is 0.235. The van der Waals surface area contributed by atoms with Crippen molar-refractivity contribution >= 4 is 33.2 Å². The van der Waals surface area contributed by atoms with Gasteiger partial charge in [0.25, 0.3) is 0 Å². The van der Waals surface area contributed by atoms with Crippen molar-refractivity contribution in [1.82, 2.24) is 14.6 Å². The van der Waals surface area contributed by atoms with Gasteiger partial charge >= 0.3 is 5.97 Å². The van der Waals surface area contributed by atoms with Crippen LogP contribution in [0.5, 0.6) is 0 Å². The van der Waals surface area contributed by atoms with Gasteiger partial charge in [-0.15, -0.1) is 11.8 Å². The van der Waals surface area contributed by atoms with Gasteiger partial charge in [0.1, 0.15) is 5.03 Å². The second-order valence-electron chi connectivity index (χ2n) is 5.53. The van der Waals surface area contributed by atoms with Crippen molar-refractivity contribution in [2.75, 3.05) is 13.4 Å². The zero-order valence-corrected chi connectivity index (χ0v) is 16.1. The second-order valence-corrected chi connectivity index (χ2v) is 8.21. The molecular formula is C17H17N3O4S2. The maximum atomic E-state index is 13.2. The van der Waals surface area contributed by atoms with Gasteiger partial charge in [-0.3, -0.25) is 4.79 Å². The lowest BCUT2D eigenvalue weighted by molar-refractivity contribution is -0.139. The molecule has 0 spiro atoms. The maximum absolute atomic E-state index is 13.2. The molecule has 0 aliphatic heterocycles. The minimum absolute atomic E-state index is 0.0311. The van der Waals surface area contributed by atoms with E-state index in [0.717, 1.165) is 0 Å². The van der Waals surface area contributed by atoms with Gasteiger partial charge in [0.2, 0.25) is 9.84 Å². The molecule has 0 aliphatic rings. The second kappa shape index (κ2) is 7.08. The lowest BCUT2D eigenvalue weighted by Crippen LogP contribution is -2.11. The number of methoxy groups -OCH3 is 1. The fourth-order valence-electron chi connectivity index (χ4n) is 2.61. The smallest absolute Gasteiger partial charge is 0.311 e. The van der Waals surface area contributed by atoms with Gasteiger partial charge in [-0.1, -0.05) is 18.2 Å². The summed E-state index contributed by atoms with van der Waals surface area (Å²) in [4.78, 5) is 16.3. The number of sulfone groups is 1. The molecule has 9 heteroatoms. The Kier molecular flexibility index (Phi) is 5.01. The van der Waals surface area contributed by atoms with Crippen LogP contribution in [0.1, 0.15) is 11.4 Å². The molecule has 7 nitrogen and oxygen atoms in total. The monoisotopic (exact) mass is 391 g/mol. The van der Waals surface area contributed by atoms with Gasteiger partial charge < -0.3 is 4.74 Å². The van der Waals surface area contributed by atoms with Gasteiger partial charge in [0.05, 0.1) is 24.1 Å². The molecule has 2 heterocycles. The first kappa shape index (κ1) is 18.4. The molecule has 2 aromatic heterocycles. The van der Waals surface area contributed by atoms with E-state index in [0.29, 0.717) is 16.4 Å². The Hall–Kier alpha value is -2.39. The van der Waals surface area contributed by atoms with Gasteiger partial charge in [0.15, 0.2) is 10.5 Å². The Balaban J connectivity index is 2.31. The molecule has 0 fully saturated rings. The summed E-state index contributed by atoms with van der Waals surface area (Å²) in [7, 11) is -2.51. The minimum Gasteiger partial charge on any atom is -0.469 e. The third kappa shape index (κ3) is 3.19. The standard InChI is InChI=1S/C17H17N3O4S2/c1-11-9-12(10-14(21)24-2)20-16(18-11)15(17(19-20)25-3)26(22,23)13-7-5-4-6-8-13/h4-9H,10H2,1-3H3. The van der Waals surface area contributed by atoms with Crippen LogP contribution in [-0.4, -0.2) is 42.4 Å². The number of carbonyl (C=O) groups is 1. The zero-order valence-electron chi connectivity index (χ0n) is 14.5. The Morgan fingerprint density at radius 2 is 1.96 bits per heavy atom. The molecule has 3 aromatic rings. The highest BCUT2D eigenvalue weighted by atomic mass is 32.2. The summed E-state index contributed by atoms with van der Waals surface area (Å²) < 4.78 is 32.5. The maximum Gasteiger partial charge on any atom is 0.311 e. The van der Waals surface area contributed by atoms with E-state index in [1.807, 2.05) is 0 Å². The highest BCUT2D eigenvalue weighted by Gasteiger charge is 2.29. The van der Waals surface area contributed by atoms with E-state index in [1.165, 1.54) is 35.5 Å². The topological polar surface area (TPSA) is 90.6 Å². The fourth-order valence-corrected chi connectivity index (χ4v) is 5.02. The zero-order chi connectivity index (χ0) is 18.9. The number of rotatable bonds is 5. The molecule has 0 saturated heterocycles. The number of benzene rings is 1. The van der Waals surface area contributed by atoms with Crippen LogP contribution < -0.4 is 0 Å². The summed E-state index contributed by atoms with van der Waals surface area (Å²) in [6.45, 7) is 1.74. The summed E-state index contributed by atoms with van der Waals surface area (Å²) in [5.74, 6) is -0.439. The number of thioether (sulfide) groups is 1. The Labute approximate surface area is 155 Å². The van der Waals surface area contributed by atoms with Crippen LogP contribution in [0.4, 0.5) is 0 Å². The van der Waals surface area contributed by atoms with E-state index in [4.69, 9.17) is 4.74 Å². The third-order valence-electron chi connectivity index (χ3n) is 3.79. The molecule has 0 bridgehead atoms. The molecule has 0 N–H and O–H groups in total. The molecule has 26 heavy (non-hydrogen) atoms. The van der Waals surface area contributed by atoms with Crippen molar-refractivity contribution in [3.8, 4) is 0 Å². The van der Waals surface area contributed by atoms with Crippen molar-refractivity contribution < 1.29 is 17.9 Å². The summed E-state index contributed by atoms with van der Waals surface area (Å²) in [5.41, 5.74) is 1.31. The molecule has 0 saturated carbocycles. The average Bonchev–Trinajstić information content (AvgIpc) is 3.01. The van der Waals surface area contributed by atoms with E-state index in [-0.39, 0.29) is 21.9 Å². The molecule has 0 atom stereocenters. The lowest BCUT2D eigenvalue weighted by Gasteiger charge is -2.07. The first-order chi connectivity index (χ1) is 12.4. The van der Waals surface area contributed by atoms with E-state index in [9.17, 15) is 13.2 Å². The molecule has 0 aliphatic carbocycles. The molecule has 1 aromatic carbocycles. The van der Waals surface area contributed by atoms with Gasteiger partial charge in [-0.05, 0) is 31.4 Å². The van der Waals surface area contributed by atoms with E-state index >= 15 is 0 Å². The number of carbonyl (C=O) groups excluding carboxylic acids is 1.